The molecular formula is C27H26FN3O3. The molecule has 0 saturated carbocycles. The second-order valence-corrected chi connectivity index (χ2v) is 7.99. The van der Waals surface area contributed by atoms with E-state index in [4.69, 9.17) is 10.5 Å². The lowest BCUT2D eigenvalue weighted by Crippen LogP contribution is -2.50. The van der Waals surface area contributed by atoms with E-state index in [9.17, 15) is 14.0 Å². The standard InChI is InChI=1S/C27H26FN3O3/c1-2-34-26(32)24(16-18-6-4-3-5-7-18)31(27(29)33)22-12-9-20(10-13-22)25-23-17-21(28)11-8-19(23)14-15-30-25/h3-13,17,24H,2,14-16H2,1H3,(H2,29,33). The SMILES string of the molecule is CCOC(=O)C(Cc1ccccc1)N(C(N)=O)c1ccc(C2=NCCc3ccc(F)cc32)cc1. The molecule has 7 heteroatoms. The van der Waals surface area contributed by atoms with Gasteiger partial charge in [-0.2, -0.15) is 0 Å². The number of esters is 1. The van der Waals surface area contributed by atoms with Crippen molar-refractivity contribution < 1.29 is 18.7 Å². The maximum Gasteiger partial charge on any atom is 0.329 e. The van der Waals surface area contributed by atoms with Gasteiger partial charge in [-0.1, -0.05) is 48.5 Å². The molecule has 4 rings (SSSR count). The number of amides is 2. The van der Waals surface area contributed by atoms with Crippen molar-refractivity contribution in [2.75, 3.05) is 18.1 Å². The van der Waals surface area contributed by atoms with Crippen molar-refractivity contribution in [2.24, 2.45) is 10.7 Å². The summed E-state index contributed by atoms with van der Waals surface area (Å²) in [7, 11) is 0. The Labute approximate surface area is 197 Å². The van der Waals surface area contributed by atoms with Gasteiger partial charge < -0.3 is 10.5 Å². The molecular weight excluding hydrogens is 433 g/mol. The summed E-state index contributed by atoms with van der Waals surface area (Å²) in [5.41, 5.74) is 10.4. The first-order valence-corrected chi connectivity index (χ1v) is 11.2. The Balaban J connectivity index is 1.67. The Bertz CT molecular complexity index is 1210. The molecule has 6 nitrogen and oxygen atoms in total. The second-order valence-electron chi connectivity index (χ2n) is 7.99. The number of fused-ring (bicyclic) bond motifs is 1. The molecule has 0 saturated heterocycles. The van der Waals surface area contributed by atoms with E-state index in [0.29, 0.717) is 17.9 Å². The molecule has 2 amide bonds. The van der Waals surface area contributed by atoms with Gasteiger partial charge in [0.2, 0.25) is 0 Å². The van der Waals surface area contributed by atoms with Crippen molar-refractivity contribution in [3.8, 4) is 0 Å². The van der Waals surface area contributed by atoms with Crippen molar-refractivity contribution in [1.29, 1.82) is 0 Å². The topological polar surface area (TPSA) is 85.0 Å². The van der Waals surface area contributed by atoms with Gasteiger partial charge in [0.1, 0.15) is 11.9 Å². The summed E-state index contributed by atoms with van der Waals surface area (Å²) in [4.78, 5) is 31.2. The summed E-state index contributed by atoms with van der Waals surface area (Å²) in [6, 6.07) is 19.5. The van der Waals surface area contributed by atoms with Crippen LogP contribution in [0.25, 0.3) is 0 Å². The largest absolute Gasteiger partial charge is 0.464 e. The first kappa shape index (κ1) is 23.2. The molecule has 1 aliphatic rings. The summed E-state index contributed by atoms with van der Waals surface area (Å²) < 4.78 is 19.1. The minimum absolute atomic E-state index is 0.186. The van der Waals surface area contributed by atoms with Crippen LogP contribution in [0.15, 0.2) is 77.8 Å². The van der Waals surface area contributed by atoms with Gasteiger partial charge in [-0.3, -0.25) is 9.89 Å². The summed E-state index contributed by atoms with van der Waals surface area (Å²) in [6.07, 6.45) is 1.01. The normalized spacial score (nSPS) is 13.4. The fourth-order valence-corrected chi connectivity index (χ4v) is 4.20. The number of carbonyl (C=O) groups excluding carboxylic acids is 2. The molecule has 0 spiro atoms. The Morgan fingerprint density at radius 3 is 2.50 bits per heavy atom. The molecule has 0 fully saturated rings. The smallest absolute Gasteiger partial charge is 0.329 e. The molecule has 2 N–H and O–H groups in total. The van der Waals surface area contributed by atoms with Gasteiger partial charge in [0.25, 0.3) is 0 Å². The first-order chi connectivity index (χ1) is 16.5. The molecule has 0 aromatic heterocycles. The maximum absolute atomic E-state index is 13.9. The average Bonchev–Trinajstić information content (AvgIpc) is 2.84. The van der Waals surface area contributed by atoms with Crippen LogP contribution >= 0.6 is 0 Å². The molecule has 0 radical (unpaired) electrons. The second kappa shape index (κ2) is 10.3. The van der Waals surface area contributed by atoms with E-state index < -0.39 is 18.0 Å². The monoisotopic (exact) mass is 459 g/mol. The predicted molar refractivity (Wildman–Crippen MR) is 130 cm³/mol. The number of urea groups is 1. The van der Waals surface area contributed by atoms with Crippen LogP contribution in [0.4, 0.5) is 14.9 Å². The number of primary amides is 1. The number of hydrogen-bond acceptors (Lipinski definition) is 4. The quantitative estimate of drug-likeness (QED) is 0.535. The zero-order valence-electron chi connectivity index (χ0n) is 18.9. The number of rotatable bonds is 7. The highest BCUT2D eigenvalue weighted by molar-refractivity contribution is 6.14. The number of anilines is 1. The van der Waals surface area contributed by atoms with Gasteiger partial charge in [0.15, 0.2) is 0 Å². The number of hydrogen-bond donors (Lipinski definition) is 1. The third kappa shape index (κ3) is 4.98. The van der Waals surface area contributed by atoms with E-state index in [2.05, 4.69) is 4.99 Å². The number of halogens is 1. The van der Waals surface area contributed by atoms with Crippen LogP contribution < -0.4 is 10.6 Å². The fourth-order valence-electron chi connectivity index (χ4n) is 4.20. The van der Waals surface area contributed by atoms with Gasteiger partial charge in [-0.05, 0) is 48.7 Å². The zero-order chi connectivity index (χ0) is 24.1. The molecule has 1 aliphatic heterocycles. The van der Waals surface area contributed by atoms with Crippen LogP contribution in [-0.2, 0) is 22.4 Å². The molecule has 1 atom stereocenters. The number of carbonyl (C=O) groups is 2. The van der Waals surface area contributed by atoms with Crippen molar-refractivity contribution >= 4 is 23.4 Å². The molecule has 1 unspecified atom stereocenters. The molecule has 174 valence electrons. The Morgan fingerprint density at radius 2 is 1.82 bits per heavy atom. The van der Waals surface area contributed by atoms with Crippen molar-refractivity contribution in [1.82, 2.24) is 0 Å². The van der Waals surface area contributed by atoms with Crippen LogP contribution in [0.5, 0.6) is 0 Å². The Hall–Kier alpha value is -4.00. The van der Waals surface area contributed by atoms with Crippen LogP contribution in [-0.4, -0.2) is 36.9 Å². The number of aliphatic imine (C=N–C) groups is 1. The third-order valence-corrected chi connectivity index (χ3v) is 5.78. The lowest BCUT2D eigenvalue weighted by atomic mass is 9.93. The maximum atomic E-state index is 13.9. The van der Waals surface area contributed by atoms with Gasteiger partial charge >= 0.3 is 12.0 Å². The highest BCUT2D eigenvalue weighted by Crippen LogP contribution is 2.25. The van der Waals surface area contributed by atoms with Gasteiger partial charge in [0, 0.05) is 29.8 Å². The van der Waals surface area contributed by atoms with Crippen LogP contribution in [0.2, 0.25) is 0 Å². The van der Waals surface area contributed by atoms with Crippen molar-refractivity contribution in [2.45, 2.75) is 25.8 Å². The fraction of sp³-hybridized carbons (Fsp3) is 0.222. The van der Waals surface area contributed by atoms with E-state index in [-0.39, 0.29) is 18.8 Å². The van der Waals surface area contributed by atoms with E-state index in [1.165, 1.54) is 17.0 Å². The molecule has 3 aromatic carbocycles. The zero-order valence-corrected chi connectivity index (χ0v) is 18.9. The van der Waals surface area contributed by atoms with Gasteiger partial charge in [-0.15, -0.1) is 0 Å². The van der Waals surface area contributed by atoms with Crippen LogP contribution in [0.1, 0.15) is 29.2 Å². The highest BCUT2D eigenvalue weighted by atomic mass is 19.1. The molecule has 0 bridgehead atoms. The highest BCUT2D eigenvalue weighted by Gasteiger charge is 2.31. The number of nitrogens with zero attached hydrogens (tertiary/aromatic N) is 2. The predicted octanol–water partition coefficient (Wildman–Crippen LogP) is 4.28. The van der Waals surface area contributed by atoms with E-state index in [0.717, 1.165) is 28.7 Å². The molecule has 3 aromatic rings. The summed E-state index contributed by atoms with van der Waals surface area (Å²) in [5.74, 6) is -0.849. The van der Waals surface area contributed by atoms with Crippen molar-refractivity contribution in [3.05, 3.63) is 101 Å². The average molecular weight is 460 g/mol. The van der Waals surface area contributed by atoms with Gasteiger partial charge in [-0.25, -0.2) is 14.0 Å². The number of ether oxygens (including phenoxy) is 1. The third-order valence-electron chi connectivity index (χ3n) is 5.78. The molecule has 34 heavy (non-hydrogen) atoms. The number of benzene rings is 3. The van der Waals surface area contributed by atoms with Crippen LogP contribution in [0.3, 0.4) is 0 Å². The number of nitrogens with two attached hydrogens (primary N) is 1. The summed E-state index contributed by atoms with van der Waals surface area (Å²) in [6.45, 7) is 2.52. The Morgan fingerprint density at radius 1 is 1.09 bits per heavy atom. The lowest BCUT2D eigenvalue weighted by molar-refractivity contribution is -0.144. The molecule has 0 aliphatic carbocycles. The lowest BCUT2D eigenvalue weighted by Gasteiger charge is -2.29. The minimum atomic E-state index is -0.924. The summed E-state index contributed by atoms with van der Waals surface area (Å²) >= 11 is 0. The molecule has 1 heterocycles. The van der Waals surface area contributed by atoms with Crippen LogP contribution in [0, 0.1) is 5.82 Å². The first-order valence-electron chi connectivity index (χ1n) is 11.2. The Kier molecular flexibility index (Phi) is 7.01. The van der Waals surface area contributed by atoms with E-state index in [1.54, 1.807) is 37.3 Å². The van der Waals surface area contributed by atoms with E-state index in [1.807, 2.05) is 30.3 Å². The van der Waals surface area contributed by atoms with Gasteiger partial charge in [0.05, 0.1) is 12.3 Å². The summed E-state index contributed by atoms with van der Waals surface area (Å²) in [5, 5.41) is 0. The van der Waals surface area contributed by atoms with E-state index >= 15 is 0 Å². The minimum Gasteiger partial charge on any atom is -0.464 e. The van der Waals surface area contributed by atoms with Crippen molar-refractivity contribution in [3.63, 3.8) is 0 Å².